The molecule has 1 aromatic rings. The van der Waals surface area contributed by atoms with E-state index in [4.69, 9.17) is 9.47 Å². The summed E-state index contributed by atoms with van der Waals surface area (Å²) in [6, 6.07) is 0.929. The minimum absolute atomic E-state index is 0.426. The van der Waals surface area contributed by atoms with E-state index in [-0.39, 0.29) is 0 Å². The average Bonchev–Trinajstić information content (AvgIpc) is 3.25. The van der Waals surface area contributed by atoms with Crippen molar-refractivity contribution in [1.29, 1.82) is 0 Å². The van der Waals surface area contributed by atoms with Crippen LogP contribution in [0.2, 0.25) is 0 Å². The molecule has 2 unspecified atom stereocenters. The highest BCUT2D eigenvalue weighted by Crippen LogP contribution is 2.61. The lowest BCUT2D eigenvalue weighted by molar-refractivity contribution is -0.139. The Morgan fingerprint density at radius 3 is 2.38 bits per heavy atom. The summed E-state index contributed by atoms with van der Waals surface area (Å²) in [6.07, 6.45) is -15.0. The molecular formula is C17H27N3O17P2. The third-order valence-electron chi connectivity index (χ3n) is 5.50. The molecule has 2 saturated heterocycles. The molecule has 11 atom stereocenters. The summed E-state index contributed by atoms with van der Waals surface area (Å²) in [6.45, 7) is -0.314. The van der Waals surface area contributed by atoms with E-state index < -0.39 is 101 Å². The van der Waals surface area contributed by atoms with Gasteiger partial charge in [-0.3, -0.25) is 28.2 Å². The number of nitrogens with zero attached hydrogens (tertiary/aromatic N) is 1. The van der Waals surface area contributed by atoms with Gasteiger partial charge in [0.05, 0.1) is 6.61 Å². The molecule has 22 heteroatoms. The number of phosphoric acid groups is 2. The first-order valence-electron chi connectivity index (χ1n) is 11.0. The molecule has 3 rings (SSSR count). The van der Waals surface area contributed by atoms with Gasteiger partial charge in [-0.15, -0.1) is 0 Å². The van der Waals surface area contributed by atoms with E-state index in [1.807, 2.05) is 4.98 Å². The fourth-order valence-electron chi connectivity index (χ4n) is 3.64. The maximum Gasteiger partial charge on any atom is 0.483 e. The van der Waals surface area contributed by atoms with Gasteiger partial charge in [0, 0.05) is 25.7 Å². The number of nitrogens with one attached hydrogen (secondary N) is 2. The number of aromatic amines is 1. The molecule has 1 aromatic heterocycles. The van der Waals surface area contributed by atoms with Gasteiger partial charge in [0.2, 0.25) is 5.91 Å². The highest BCUT2D eigenvalue weighted by atomic mass is 31.3. The minimum atomic E-state index is -5.59. The Kier molecular flexibility index (Phi) is 10.0. The van der Waals surface area contributed by atoms with E-state index in [0.717, 1.165) is 23.8 Å². The first-order chi connectivity index (χ1) is 18.0. The lowest BCUT2D eigenvalue weighted by Crippen LogP contribution is -2.44. The number of aliphatic hydroxyl groups excluding tert-OH is 5. The number of phosphoric ester groups is 2. The SMILES string of the molecule is CC(=O)NC[C@@H](O)[C@@H]1O[C@@H](OP(=O)(O)OP(=O)(O)OC[C@H]2O[C@@H](n3ccc(=O)[nH]c3=O)[C@H](O)[C@@H]2O)[C@H](O)[C@H]1O. The van der Waals surface area contributed by atoms with Crippen molar-refractivity contribution in [2.75, 3.05) is 13.2 Å². The number of ether oxygens (including phenoxy) is 2. The molecule has 0 bridgehead atoms. The number of aliphatic hydroxyl groups is 5. The quantitative estimate of drug-likeness (QED) is 0.107. The van der Waals surface area contributed by atoms with Crippen molar-refractivity contribution in [1.82, 2.24) is 14.9 Å². The average molecular weight is 607 g/mol. The standard InChI is InChI=1S/C17H27N3O17P2/c1-6(21)18-4-7(22)14-11(25)13(27)16(35-14)36-39(31,32)37-38(29,30)33-5-8-10(24)12(26)15(34-8)20-3-2-9(23)19-17(20)28/h2-3,7-8,10-16,22,24-27H,4-5H2,1H3,(H,18,21)(H,29,30)(H,31,32)(H,19,23,28)/t7-,8-,10-,11-,12-,13-,14+,15-,16+/m1/s1. The number of amides is 1. The van der Waals surface area contributed by atoms with Gasteiger partial charge in [-0.2, -0.15) is 4.31 Å². The molecule has 222 valence electrons. The van der Waals surface area contributed by atoms with Crippen LogP contribution in [-0.4, -0.2) is 113 Å². The molecule has 0 aliphatic carbocycles. The molecule has 0 saturated carbocycles. The van der Waals surface area contributed by atoms with Gasteiger partial charge in [-0.25, -0.2) is 13.9 Å². The van der Waals surface area contributed by atoms with Crippen molar-refractivity contribution < 1.29 is 72.1 Å². The van der Waals surface area contributed by atoms with Gasteiger partial charge < -0.3 is 50.1 Å². The Balaban J connectivity index is 1.58. The van der Waals surface area contributed by atoms with Crippen LogP contribution in [0.3, 0.4) is 0 Å². The lowest BCUT2D eigenvalue weighted by atomic mass is 10.1. The van der Waals surface area contributed by atoms with Crippen LogP contribution in [0.4, 0.5) is 0 Å². The molecule has 2 fully saturated rings. The van der Waals surface area contributed by atoms with Gasteiger partial charge in [0.1, 0.15) is 42.7 Å². The van der Waals surface area contributed by atoms with Gasteiger partial charge >= 0.3 is 21.3 Å². The topological polar surface area (TPSA) is 306 Å². The Labute approximate surface area is 217 Å². The Morgan fingerprint density at radius 1 is 1.10 bits per heavy atom. The number of carbonyl (C=O) groups is 1. The summed E-state index contributed by atoms with van der Waals surface area (Å²) < 4.78 is 48.6. The molecule has 0 spiro atoms. The number of hydrogen-bond acceptors (Lipinski definition) is 15. The summed E-state index contributed by atoms with van der Waals surface area (Å²) in [7, 11) is -11.1. The minimum Gasteiger partial charge on any atom is -0.388 e. The van der Waals surface area contributed by atoms with Crippen molar-refractivity contribution in [2.45, 2.75) is 62.2 Å². The normalized spacial score (nSPS) is 34.8. The van der Waals surface area contributed by atoms with Crippen LogP contribution in [0.1, 0.15) is 13.2 Å². The van der Waals surface area contributed by atoms with E-state index in [9.17, 15) is 58.8 Å². The molecule has 0 radical (unpaired) electrons. The zero-order valence-corrected chi connectivity index (χ0v) is 21.6. The number of rotatable bonds is 11. The first kappa shape index (κ1) is 31.7. The monoisotopic (exact) mass is 607 g/mol. The van der Waals surface area contributed by atoms with Crippen LogP contribution in [0.15, 0.2) is 21.9 Å². The van der Waals surface area contributed by atoms with E-state index in [0.29, 0.717) is 0 Å². The number of carbonyl (C=O) groups excluding carboxylic acids is 1. The second-order valence-corrected chi connectivity index (χ2v) is 11.4. The highest BCUT2D eigenvalue weighted by Gasteiger charge is 2.51. The van der Waals surface area contributed by atoms with Crippen molar-refractivity contribution >= 4 is 21.6 Å². The van der Waals surface area contributed by atoms with Crippen molar-refractivity contribution in [3.05, 3.63) is 33.1 Å². The zero-order chi connectivity index (χ0) is 29.3. The van der Waals surface area contributed by atoms with Crippen molar-refractivity contribution in [3.8, 4) is 0 Å². The Morgan fingerprint density at radius 2 is 1.77 bits per heavy atom. The van der Waals surface area contributed by atoms with Gasteiger partial charge in [0.15, 0.2) is 12.5 Å². The van der Waals surface area contributed by atoms with Crippen LogP contribution in [0.5, 0.6) is 0 Å². The third-order valence-corrected chi connectivity index (χ3v) is 8.10. The van der Waals surface area contributed by atoms with Crippen LogP contribution in [0.25, 0.3) is 0 Å². The Bertz CT molecular complexity index is 1240. The number of H-pyrrole nitrogens is 1. The smallest absolute Gasteiger partial charge is 0.388 e. The molecule has 0 aromatic carbocycles. The fourth-order valence-corrected chi connectivity index (χ4v) is 5.80. The number of aromatic nitrogens is 2. The molecule has 9 N–H and O–H groups in total. The summed E-state index contributed by atoms with van der Waals surface area (Å²) in [5.74, 6) is -0.535. The van der Waals surface area contributed by atoms with Crippen molar-refractivity contribution in [2.24, 2.45) is 0 Å². The molecular weight excluding hydrogens is 580 g/mol. The third kappa shape index (κ3) is 7.87. The van der Waals surface area contributed by atoms with Gasteiger partial charge in [-0.1, -0.05) is 0 Å². The van der Waals surface area contributed by atoms with Gasteiger partial charge in [-0.05, 0) is 0 Å². The van der Waals surface area contributed by atoms with Crippen LogP contribution >= 0.6 is 15.6 Å². The summed E-state index contributed by atoms with van der Waals surface area (Å²) in [4.78, 5) is 55.7. The molecule has 2 aliphatic rings. The molecule has 20 nitrogen and oxygen atoms in total. The molecule has 39 heavy (non-hydrogen) atoms. The fraction of sp³-hybridized carbons (Fsp3) is 0.706. The molecule has 2 aliphatic heterocycles. The van der Waals surface area contributed by atoms with Crippen LogP contribution < -0.4 is 16.6 Å². The van der Waals surface area contributed by atoms with Crippen LogP contribution in [0, 0.1) is 0 Å². The Hall–Kier alpha value is -1.87. The van der Waals surface area contributed by atoms with E-state index >= 15 is 0 Å². The molecule has 3 heterocycles. The predicted molar refractivity (Wildman–Crippen MR) is 120 cm³/mol. The molecule has 1 amide bonds. The number of hydrogen-bond donors (Lipinski definition) is 9. The summed E-state index contributed by atoms with van der Waals surface area (Å²) in [5, 5.41) is 52.6. The predicted octanol–water partition coefficient (Wildman–Crippen LogP) is -4.65. The van der Waals surface area contributed by atoms with E-state index in [1.165, 1.54) is 0 Å². The van der Waals surface area contributed by atoms with Crippen LogP contribution in [-0.2, 0) is 36.8 Å². The summed E-state index contributed by atoms with van der Waals surface area (Å²) >= 11 is 0. The van der Waals surface area contributed by atoms with E-state index in [1.54, 1.807) is 0 Å². The lowest BCUT2D eigenvalue weighted by Gasteiger charge is -2.22. The summed E-state index contributed by atoms with van der Waals surface area (Å²) in [5.41, 5.74) is -1.75. The largest absolute Gasteiger partial charge is 0.483 e. The second-order valence-electron chi connectivity index (χ2n) is 8.44. The maximum atomic E-state index is 12.3. The van der Waals surface area contributed by atoms with Gasteiger partial charge in [0.25, 0.3) is 5.56 Å². The first-order valence-corrected chi connectivity index (χ1v) is 14.0. The maximum absolute atomic E-state index is 12.3. The second kappa shape index (κ2) is 12.3. The van der Waals surface area contributed by atoms with E-state index in [2.05, 4.69) is 18.7 Å². The van der Waals surface area contributed by atoms with Crippen molar-refractivity contribution in [3.63, 3.8) is 0 Å². The highest BCUT2D eigenvalue weighted by molar-refractivity contribution is 7.61. The zero-order valence-electron chi connectivity index (χ0n) is 19.8.